The molecule has 0 unspecified atom stereocenters. The summed E-state index contributed by atoms with van der Waals surface area (Å²) in [4.78, 5) is 0. The van der Waals surface area contributed by atoms with Crippen LogP contribution in [0.2, 0.25) is 0 Å². The average Bonchev–Trinajstić information content (AvgIpc) is 2.82. The monoisotopic (exact) mass is 402 g/mol. The highest BCUT2D eigenvalue weighted by molar-refractivity contribution is 5.16. The summed E-state index contributed by atoms with van der Waals surface area (Å²) < 4.78 is 18.5. The second kappa shape index (κ2) is 11.1. The summed E-state index contributed by atoms with van der Waals surface area (Å²) in [6.45, 7) is 0. The Balaban J connectivity index is 1.34. The van der Waals surface area contributed by atoms with Gasteiger partial charge in [-0.3, -0.25) is 0 Å². The van der Waals surface area contributed by atoms with Crippen molar-refractivity contribution in [3.63, 3.8) is 0 Å². The van der Waals surface area contributed by atoms with E-state index in [-0.39, 0.29) is 18.9 Å². The van der Waals surface area contributed by atoms with Crippen molar-refractivity contribution in [1.82, 2.24) is 0 Å². The van der Waals surface area contributed by atoms with Crippen LogP contribution in [0, 0.1) is 0 Å². The molecule has 0 amide bonds. The molecule has 1 aliphatic rings. The van der Waals surface area contributed by atoms with Gasteiger partial charge >= 0.3 is 0 Å². The predicted molar refractivity (Wildman–Crippen MR) is 119 cm³/mol. The molecule has 0 aliphatic carbocycles. The van der Waals surface area contributed by atoms with Gasteiger partial charge in [0.1, 0.15) is 0 Å². The van der Waals surface area contributed by atoms with Gasteiger partial charge in [-0.25, -0.2) is 0 Å². The fourth-order valence-corrected chi connectivity index (χ4v) is 3.80. The van der Waals surface area contributed by atoms with Crippen LogP contribution in [-0.4, -0.2) is 18.9 Å². The van der Waals surface area contributed by atoms with E-state index in [1.54, 1.807) is 0 Å². The standard InChI is InChI=1S/C27H30O3/c1-4-10-22(11-5-1)16-19-25-28-26(20-17-23-12-6-2-7-13-23)30-27(29-25)21-18-24-14-8-3-9-15-24/h1-15,25-27H,16-21H2. The number of hydrogen-bond acceptors (Lipinski definition) is 3. The molecule has 3 aromatic carbocycles. The lowest BCUT2D eigenvalue weighted by Gasteiger charge is -2.36. The summed E-state index contributed by atoms with van der Waals surface area (Å²) in [7, 11) is 0. The maximum absolute atomic E-state index is 6.17. The summed E-state index contributed by atoms with van der Waals surface area (Å²) >= 11 is 0. The molecule has 3 nitrogen and oxygen atoms in total. The summed E-state index contributed by atoms with van der Waals surface area (Å²) in [5.41, 5.74) is 3.91. The Morgan fingerprint density at radius 3 is 0.933 bits per heavy atom. The SMILES string of the molecule is c1ccc(CCC2OC(CCc3ccccc3)OC(CCc3ccccc3)O2)cc1. The van der Waals surface area contributed by atoms with Gasteiger partial charge < -0.3 is 14.2 Å². The zero-order valence-corrected chi connectivity index (χ0v) is 17.4. The van der Waals surface area contributed by atoms with Crippen LogP contribution in [0.25, 0.3) is 0 Å². The number of aryl methyl sites for hydroxylation is 3. The van der Waals surface area contributed by atoms with Gasteiger partial charge in [0.25, 0.3) is 0 Å². The maximum Gasteiger partial charge on any atom is 0.164 e. The molecule has 1 aliphatic heterocycles. The lowest BCUT2D eigenvalue weighted by molar-refractivity contribution is -0.385. The highest BCUT2D eigenvalue weighted by Gasteiger charge is 2.30. The predicted octanol–water partition coefficient (Wildman–Crippen LogP) is 5.93. The molecule has 1 saturated heterocycles. The zero-order chi connectivity index (χ0) is 20.4. The molecule has 3 heteroatoms. The van der Waals surface area contributed by atoms with E-state index in [2.05, 4.69) is 72.8 Å². The first-order valence-electron chi connectivity index (χ1n) is 10.9. The van der Waals surface area contributed by atoms with Crippen LogP contribution in [0.4, 0.5) is 0 Å². The third kappa shape index (κ3) is 6.53. The number of ether oxygens (including phenoxy) is 3. The van der Waals surface area contributed by atoms with Crippen LogP contribution in [-0.2, 0) is 33.5 Å². The molecule has 0 aromatic heterocycles. The van der Waals surface area contributed by atoms with Crippen LogP contribution in [0.15, 0.2) is 91.0 Å². The third-order valence-electron chi connectivity index (χ3n) is 5.45. The fourth-order valence-electron chi connectivity index (χ4n) is 3.80. The molecule has 0 spiro atoms. The van der Waals surface area contributed by atoms with Gasteiger partial charge in [0, 0.05) is 19.3 Å². The second-order valence-corrected chi connectivity index (χ2v) is 7.77. The first-order chi connectivity index (χ1) is 14.8. The van der Waals surface area contributed by atoms with E-state index >= 15 is 0 Å². The van der Waals surface area contributed by atoms with E-state index in [9.17, 15) is 0 Å². The Morgan fingerprint density at radius 2 is 0.667 bits per heavy atom. The van der Waals surface area contributed by atoms with Gasteiger partial charge in [-0.1, -0.05) is 91.0 Å². The quantitative estimate of drug-likeness (QED) is 0.444. The first-order valence-corrected chi connectivity index (χ1v) is 10.9. The van der Waals surface area contributed by atoms with Crippen molar-refractivity contribution >= 4 is 0 Å². The Hall–Kier alpha value is -2.46. The van der Waals surface area contributed by atoms with Crippen molar-refractivity contribution in [2.75, 3.05) is 0 Å². The van der Waals surface area contributed by atoms with Crippen molar-refractivity contribution in [3.8, 4) is 0 Å². The molecule has 0 N–H and O–H groups in total. The topological polar surface area (TPSA) is 27.7 Å². The number of rotatable bonds is 9. The lowest BCUT2D eigenvalue weighted by atomic mass is 10.1. The Morgan fingerprint density at radius 1 is 0.400 bits per heavy atom. The van der Waals surface area contributed by atoms with E-state index in [0.717, 1.165) is 38.5 Å². The second-order valence-electron chi connectivity index (χ2n) is 7.77. The van der Waals surface area contributed by atoms with Crippen molar-refractivity contribution in [2.45, 2.75) is 57.4 Å². The number of benzene rings is 3. The molecule has 156 valence electrons. The molecule has 4 rings (SSSR count). The smallest absolute Gasteiger partial charge is 0.164 e. The van der Waals surface area contributed by atoms with E-state index in [4.69, 9.17) is 14.2 Å². The Kier molecular flexibility index (Phi) is 7.68. The third-order valence-corrected chi connectivity index (χ3v) is 5.45. The minimum Gasteiger partial charge on any atom is -0.324 e. The van der Waals surface area contributed by atoms with Crippen molar-refractivity contribution < 1.29 is 14.2 Å². The summed E-state index contributed by atoms with van der Waals surface area (Å²) in [6.07, 6.45) is 4.58. The zero-order valence-electron chi connectivity index (χ0n) is 17.4. The molecular weight excluding hydrogens is 372 g/mol. The molecular formula is C27H30O3. The number of hydrogen-bond donors (Lipinski definition) is 0. The van der Waals surface area contributed by atoms with Crippen LogP contribution < -0.4 is 0 Å². The van der Waals surface area contributed by atoms with Gasteiger partial charge in [-0.15, -0.1) is 0 Å². The molecule has 30 heavy (non-hydrogen) atoms. The minimum atomic E-state index is -0.236. The Labute approximate surface area is 179 Å². The highest BCUT2D eigenvalue weighted by Crippen LogP contribution is 2.25. The van der Waals surface area contributed by atoms with E-state index in [1.165, 1.54) is 16.7 Å². The van der Waals surface area contributed by atoms with Crippen molar-refractivity contribution in [3.05, 3.63) is 108 Å². The Bertz CT molecular complexity index is 727. The largest absolute Gasteiger partial charge is 0.324 e. The molecule has 0 atom stereocenters. The summed E-state index contributed by atoms with van der Waals surface area (Å²) in [6, 6.07) is 31.5. The average molecular weight is 403 g/mol. The highest BCUT2D eigenvalue weighted by atomic mass is 16.9. The van der Waals surface area contributed by atoms with Gasteiger partial charge in [-0.05, 0) is 36.0 Å². The van der Waals surface area contributed by atoms with Gasteiger partial charge in [0.15, 0.2) is 18.9 Å². The van der Waals surface area contributed by atoms with Crippen LogP contribution in [0.5, 0.6) is 0 Å². The molecule has 0 saturated carbocycles. The normalized spacial score (nSPS) is 21.4. The summed E-state index contributed by atoms with van der Waals surface area (Å²) in [5, 5.41) is 0. The van der Waals surface area contributed by atoms with Crippen LogP contribution >= 0.6 is 0 Å². The van der Waals surface area contributed by atoms with E-state index in [1.807, 2.05) is 18.2 Å². The van der Waals surface area contributed by atoms with E-state index < -0.39 is 0 Å². The maximum atomic E-state index is 6.17. The van der Waals surface area contributed by atoms with Gasteiger partial charge in [-0.2, -0.15) is 0 Å². The lowest BCUT2D eigenvalue weighted by Crippen LogP contribution is -2.41. The van der Waals surface area contributed by atoms with Crippen molar-refractivity contribution in [2.24, 2.45) is 0 Å². The van der Waals surface area contributed by atoms with Crippen LogP contribution in [0.1, 0.15) is 36.0 Å². The molecule has 3 aromatic rings. The van der Waals surface area contributed by atoms with Crippen molar-refractivity contribution in [1.29, 1.82) is 0 Å². The molecule has 1 fully saturated rings. The molecule has 1 heterocycles. The molecule has 0 radical (unpaired) electrons. The fraction of sp³-hybridized carbons (Fsp3) is 0.333. The first kappa shape index (κ1) is 20.8. The minimum absolute atomic E-state index is 0.236. The van der Waals surface area contributed by atoms with E-state index in [0.29, 0.717) is 0 Å². The van der Waals surface area contributed by atoms with Crippen LogP contribution in [0.3, 0.4) is 0 Å². The van der Waals surface area contributed by atoms with Gasteiger partial charge in [0.05, 0.1) is 0 Å². The summed E-state index contributed by atoms with van der Waals surface area (Å²) in [5.74, 6) is 0. The van der Waals surface area contributed by atoms with Gasteiger partial charge in [0.2, 0.25) is 0 Å². The molecule has 0 bridgehead atoms.